The van der Waals surface area contributed by atoms with E-state index in [1.54, 1.807) is 6.20 Å². The lowest BCUT2D eigenvalue weighted by Gasteiger charge is -2.10. The van der Waals surface area contributed by atoms with E-state index < -0.39 is 0 Å². The van der Waals surface area contributed by atoms with Crippen molar-refractivity contribution >= 4 is 28.2 Å². The second-order valence-corrected chi connectivity index (χ2v) is 6.34. The summed E-state index contributed by atoms with van der Waals surface area (Å²) in [5, 5.41) is 8.79. The van der Waals surface area contributed by atoms with Gasteiger partial charge in [0.2, 0.25) is 0 Å². The SMILES string of the molecule is O=c1c(Cl)c(NCCc2c[nH]c3ccccc23)cnn1-c1ccccc1. The van der Waals surface area contributed by atoms with Gasteiger partial charge in [-0.2, -0.15) is 9.78 Å². The molecule has 2 N–H and O–H groups in total. The summed E-state index contributed by atoms with van der Waals surface area (Å²) in [6.07, 6.45) is 4.41. The number of anilines is 1. The first-order valence-corrected chi connectivity index (χ1v) is 8.74. The fourth-order valence-corrected chi connectivity index (χ4v) is 3.18. The van der Waals surface area contributed by atoms with Gasteiger partial charge in [-0.05, 0) is 30.2 Å². The maximum absolute atomic E-state index is 12.5. The standard InChI is InChI=1S/C20H17ClN4O/c21-19-18(13-24-25(20(19)26)15-6-2-1-3-7-15)22-11-10-14-12-23-17-9-5-4-8-16(14)17/h1-9,12-13,22-23H,10-11H2. The van der Waals surface area contributed by atoms with Crippen molar-refractivity contribution in [3.63, 3.8) is 0 Å². The lowest BCUT2D eigenvalue weighted by molar-refractivity contribution is 0.807. The van der Waals surface area contributed by atoms with Crippen molar-refractivity contribution < 1.29 is 0 Å². The number of para-hydroxylation sites is 2. The van der Waals surface area contributed by atoms with E-state index in [2.05, 4.69) is 27.5 Å². The zero-order valence-electron chi connectivity index (χ0n) is 13.9. The minimum Gasteiger partial charge on any atom is -0.382 e. The molecule has 6 heteroatoms. The van der Waals surface area contributed by atoms with Crippen LogP contribution in [0.4, 0.5) is 5.69 Å². The van der Waals surface area contributed by atoms with Crippen molar-refractivity contribution in [3.8, 4) is 5.69 Å². The summed E-state index contributed by atoms with van der Waals surface area (Å²) < 4.78 is 1.30. The Morgan fingerprint density at radius 1 is 1.08 bits per heavy atom. The molecule has 0 fully saturated rings. The Bertz CT molecular complexity index is 1100. The largest absolute Gasteiger partial charge is 0.382 e. The third-order valence-corrected chi connectivity index (χ3v) is 4.67. The van der Waals surface area contributed by atoms with Crippen molar-refractivity contribution in [1.29, 1.82) is 0 Å². The fraction of sp³-hybridized carbons (Fsp3) is 0.100. The number of rotatable bonds is 5. The van der Waals surface area contributed by atoms with Crippen LogP contribution in [-0.4, -0.2) is 21.3 Å². The Balaban J connectivity index is 1.50. The first-order valence-electron chi connectivity index (χ1n) is 8.36. The maximum Gasteiger partial charge on any atom is 0.292 e. The van der Waals surface area contributed by atoms with Crippen LogP contribution in [0.1, 0.15) is 5.56 Å². The maximum atomic E-state index is 12.5. The number of halogens is 1. The zero-order chi connectivity index (χ0) is 17.9. The highest BCUT2D eigenvalue weighted by molar-refractivity contribution is 6.32. The highest BCUT2D eigenvalue weighted by Crippen LogP contribution is 2.20. The topological polar surface area (TPSA) is 62.7 Å². The van der Waals surface area contributed by atoms with Crippen molar-refractivity contribution in [2.45, 2.75) is 6.42 Å². The van der Waals surface area contributed by atoms with E-state index in [0.29, 0.717) is 17.9 Å². The third kappa shape index (κ3) is 3.09. The molecule has 0 spiro atoms. The molecule has 0 bridgehead atoms. The number of nitrogens with zero attached hydrogens (tertiary/aromatic N) is 2. The van der Waals surface area contributed by atoms with Crippen molar-refractivity contribution in [2.24, 2.45) is 0 Å². The van der Waals surface area contributed by atoms with Gasteiger partial charge in [0, 0.05) is 23.6 Å². The smallest absolute Gasteiger partial charge is 0.292 e. The number of aromatic nitrogens is 3. The van der Waals surface area contributed by atoms with Crippen LogP contribution in [0, 0.1) is 0 Å². The molecule has 0 amide bonds. The molecule has 4 rings (SSSR count). The summed E-state index contributed by atoms with van der Waals surface area (Å²) in [5.74, 6) is 0. The molecule has 130 valence electrons. The van der Waals surface area contributed by atoms with E-state index in [1.807, 2.05) is 48.7 Å². The molecular weight excluding hydrogens is 348 g/mol. The molecule has 26 heavy (non-hydrogen) atoms. The predicted molar refractivity (Wildman–Crippen MR) is 105 cm³/mol. The molecule has 0 saturated carbocycles. The molecule has 2 aromatic carbocycles. The number of nitrogens with one attached hydrogen (secondary N) is 2. The summed E-state index contributed by atoms with van der Waals surface area (Å²) in [6, 6.07) is 17.4. The molecule has 0 aliphatic carbocycles. The van der Waals surface area contributed by atoms with Crippen LogP contribution < -0.4 is 10.9 Å². The Hall–Kier alpha value is -3.05. The van der Waals surface area contributed by atoms with E-state index in [0.717, 1.165) is 11.9 Å². The molecule has 0 saturated heterocycles. The molecule has 5 nitrogen and oxygen atoms in total. The molecule has 0 aliphatic rings. The van der Waals surface area contributed by atoms with Gasteiger partial charge in [-0.15, -0.1) is 0 Å². The molecule has 0 atom stereocenters. The average molecular weight is 365 g/mol. The summed E-state index contributed by atoms with van der Waals surface area (Å²) in [5.41, 5.74) is 3.23. The van der Waals surface area contributed by atoms with E-state index in [1.165, 1.54) is 15.6 Å². The number of H-pyrrole nitrogens is 1. The number of benzene rings is 2. The van der Waals surface area contributed by atoms with Gasteiger partial charge in [-0.1, -0.05) is 48.0 Å². The lowest BCUT2D eigenvalue weighted by atomic mass is 10.1. The highest BCUT2D eigenvalue weighted by atomic mass is 35.5. The van der Waals surface area contributed by atoms with E-state index in [-0.39, 0.29) is 10.6 Å². The monoisotopic (exact) mass is 364 g/mol. The van der Waals surface area contributed by atoms with Crippen molar-refractivity contribution in [2.75, 3.05) is 11.9 Å². The minimum atomic E-state index is -0.338. The van der Waals surface area contributed by atoms with Crippen LogP contribution in [-0.2, 0) is 6.42 Å². The highest BCUT2D eigenvalue weighted by Gasteiger charge is 2.10. The van der Waals surface area contributed by atoms with Gasteiger partial charge < -0.3 is 10.3 Å². The lowest BCUT2D eigenvalue weighted by Crippen LogP contribution is -2.23. The van der Waals surface area contributed by atoms with E-state index in [4.69, 9.17) is 11.6 Å². The van der Waals surface area contributed by atoms with Gasteiger partial charge >= 0.3 is 0 Å². The second kappa shape index (κ2) is 7.06. The number of hydrogen-bond acceptors (Lipinski definition) is 3. The molecular formula is C20H17ClN4O. The molecule has 0 aliphatic heterocycles. The Morgan fingerprint density at radius 2 is 1.85 bits per heavy atom. The van der Waals surface area contributed by atoms with Gasteiger partial charge in [-0.25, -0.2) is 0 Å². The summed E-state index contributed by atoms with van der Waals surface area (Å²) in [4.78, 5) is 15.7. The number of aromatic amines is 1. The molecule has 2 aromatic heterocycles. The van der Waals surface area contributed by atoms with Gasteiger partial charge in [0.25, 0.3) is 5.56 Å². The van der Waals surface area contributed by atoms with Crippen LogP contribution in [0.15, 0.2) is 71.8 Å². The van der Waals surface area contributed by atoms with Gasteiger partial charge in [0.15, 0.2) is 0 Å². The van der Waals surface area contributed by atoms with Crippen LogP contribution in [0.5, 0.6) is 0 Å². The average Bonchev–Trinajstić information content (AvgIpc) is 3.09. The van der Waals surface area contributed by atoms with Crippen molar-refractivity contribution in [3.05, 3.63) is 87.9 Å². The van der Waals surface area contributed by atoms with E-state index in [9.17, 15) is 4.79 Å². The quantitative estimate of drug-likeness (QED) is 0.562. The molecule has 4 aromatic rings. The minimum absolute atomic E-state index is 0.141. The Kier molecular flexibility index (Phi) is 4.46. The van der Waals surface area contributed by atoms with Gasteiger partial charge in [-0.3, -0.25) is 4.79 Å². The predicted octanol–water partition coefficient (Wildman–Crippen LogP) is 4.02. The zero-order valence-corrected chi connectivity index (χ0v) is 14.7. The summed E-state index contributed by atoms with van der Waals surface area (Å²) >= 11 is 6.26. The normalized spacial score (nSPS) is 11.0. The van der Waals surface area contributed by atoms with Crippen LogP contribution in [0.2, 0.25) is 5.02 Å². The van der Waals surface area contributed by atoms with Crippen molar-refractivity contribution in [1.82, 2.24) is 14.8 Å². The first-order chi connectivity index (χ1) is 12.7. The van der Waals surface area contributed by atoms with Gasteiger partial charge in [0.1, 0.15) is 5.02 Å². The molecule has 2 heterocycles. The number of fused-ring (bicyclic) bond motifs is 1. The van der Waals surface area contributed by atoms with Crippen LogP contribution in [0.3, 0.4) is 0 Å². The molecule has 0 unspecified atom stereocenters. The third-order valence-electron chi connectivity index (χ3n) is 4.30. The van der Waals surface area contributed by atoms with Gasteiger partial charge in [0.05, 0.1) is 17.6 Å². The molecule has 0 radical (unpaired) electrons. The van der Waals surface area contributed by atoms with Crippen LogP contribution in [0.25, 0.3) is 16.6 Å². The first kappa shape index (κ1) is 16.4. The summed E-state index contributed by atoms with van der Waals surface area (Å²) in [6.45, 7) is 0.651. The Labute approximate surface area is 155 Å². The fourth-order valence-electron chi connectivity index (χ4n) is 2.98. The number of hydrogen-bond donors (Lipinski definition) is 2. The Morgan fingerprint density at radius 3 is 2.69 bits per heavy atom. The van der Waals surface area contributed by atoms with E-state index >= 15 is 0 Å². The second-order valence-electron chi connectivity index (χ2n) is 5.96. The summed E-state index contributed by atoms with van der Waals surface area (Å²) in [7, 11) is 0. The van der Waals surface area contributed by atoms with Crippen LogP contribution >= 0.6 is 11.6 Å².